The molecule has 0 radical (unpaired) electrons. The monoisotopic (exact) mass is 301 g/mol. The minimum Gasteiger partial charge on any atom is -0.389 e. The second-order valence-electron chi connectivity index (χ2n) is 4.66. The maximum atomic E-state index is 12.0. The van der Waals surface area contributed by atoms with Crippen LogP contribution in [0.25, 0.3) is 0 Å². The van der Waals surface area contributed by atoms with Crippen LogP contribution >= 0.6 is 12.2 Å². The number of benzene rings is 1. The van der Waals surface area contributed by atoms with Crippen molar-refractivity contribution >= 4 is 28.8 Å². The van der Waals surface area contributed by atoms with Crippen molar-refractivity contribution in [2.45, 2.75) is 13.5 Å². The number of carbonyl (C=O) groups excluding carboxylic acids is 1. The summed E-state index contributed by atoms with van der Waals surface area (Å²) in [6, 6.07) is 10.2. The first-order chi connectivity index (χ1) is 9.95. The summed E-state index contributed by atoms with van der Waals surface area (Å²) in [6.07, 6.45) is 1.60. The van der Waals surface area contributed by atoms with Crippen LogP contribution in [0.2, 0.25) is 0 Å². The first kappa shape index (κ1) is 14.9. The third-order valence-corrected chi connectivity index (χ3v) is 3.13. The van der Waals surface area contributed by atoms with Gasteiger partial charge in [-0.15, -0.1) is 0 Å². The molecule has 1 amide bonds. The number of aromatic nitrogens is 1. The maximum Gasteiger partial charge on any atom is 0.251 e. The molecule has 0 aliphatic rings. The maximum absolute atomic E-state index is 12.0. The Labute approximate surface area is 127 Å². The smallest absolute Gasteiger partial charge is 0.251 e. The summed E-state index contributed by atoms with van der Waals surface area (Å²) in [7, 11) is 0. The molecule has 1 aromatic heterocycles. The summed E-state index contributed by atoms with van der Waals surface area (Å²) in [5.41, 5.74) is 7.46. The van der Waals surface area contributed by atoms with Crippen LogP contribution in [-0.4, -0.2) is 15.5 Å². The Balaban J connectivity index is 2.10. The third-order valence-electron chi connectivity index (χ3n) is 2.90. The molecule has 108 valence electrons. The molecule has 0 bridgehead atoms. The molecule has 1 aromatic carbocycles. The first-order valence-electron chi connectivity index (χ1n) is 6.32. The molecule has 0 unspecified atom stereocenters. The summed E-state index contributed by atoms with van der Waals surface area (Å²) < 4.78 is 1.35. The molecule has 3 N–H and O–H groups in total. The fraction of sp³-hybridized carbons (Fsp3) is 0.133. The summed E-state index contributed by atoms with van der Waals surface area (Å²) in [6.45, 7) is 1.78. The third kappa shape index (κ3) is 4.00. The number of nitrogens with zero attached hydrogens (tertiary/aromatic N) is 1. The molecule has 5 nitrogen and oxygen atoms in total. The van der Waals surface area contributed by atoms with Gasteiger partial charge in [-0.1, -0.05) is 24.4 Å². The van der Waals surface area contributed by atoms with E-state index in [4.69, 9.17) is 18.0 Å². The van der Waals surface area contributed by atoms with Crippen LogP contribution in [0.15, 0.2) is 47.4 Å². The molecule has 0 aliphatic carbocycles. The van der Waals surface area contributed by atoms with Gasteiger partial charge in [-0.3, -0.25) is 9.59 Å². The van der Waals surface area contributed by atoms with Crippen molar-refractivity contribution in [3.63, 3.8) is 0 Å². The van der Waals surface area contributed by atoms with Gasteiger partial charge in [-0.05, 0) is 30.7 Å². The molecule has 0 saturated heterocycles. The van der Waals surface area contributed by atoms with Gasteiger partial charge in [-0.25, -0.2) is 0 Å². The lowest BCUT2D eigenvalue weighted by Gasteiger charge is -2.08. The normalized spacial score (nSPS) is 10.1. The van der Waals surface area contributed by atoms with Gasteiger partial charge >= 0.3 is 0 Å². The van der Waals surface area contributed by atoms with Crippen LogP contribution < -0.4 is 16.6 Å². The fourth-order valence-electron chi connectivity index (χ4n) is 1.84. The van der Waals surface area contributed by atoms with E-state index in [-0.39, 0.29) is 23.0 Å². The highest BCUT2D eigenvalue weighted by Crippen LogP contribution is 2.10. The molecular weight excluding hydrogens is 286 g/mol. The van der Waals surface area contributed by atoms with Gasteiger partial charge in [0.25, 0.3) is 5.56 Å². The van der Waals surface area contributed by atoms with Crippen LogP contribution in [0.5, 0.6) is 0 Å². The molecule has 0 spiro atoms. The van der Waals surface area contributed by atoms with Gasteiger partial charge in [0, 0.05) is 23.5 Å². The van der Waals surface area contributed by atoms with Crippen LogP contribution in [0, 0.1) is 6.92 Å². The van der Waals surface area contributed by atoms with E-state index < -0.39 is 0 Å². The van der Waals surface area contributed by atoms with Crippen molar-refractivity contribution in [3.05, 3.63) is 64.1 Å². The summed E-state index contributed by atoms with van der Waals surface area (Å²) in [4.78, 5) is 24.0. The van der Waals surface area contributed by atoms with Crippen molar-refractivity contribution in [1.29, 1.82) is 0 Å². The van der Waals surface area contributed by atoms with Crippen LogP contribution in [0.1, 0.15) is 11.1 Å². The van der Waals surface area contributed by atoms with Crippen molar-refractivity contribution in [2.24, 2.45) is 5.73 Å². The number of carbonyl (C=O) groups is 1. The molecular formula is C15H15N3O2S. The largest absolute Gasteiger partial charge is 0.389 e. The first-order valence-corrected chi connectivity index (χ1v) is 6.73. The van der Waals surface area contributed by atoms with Crippen molar-refractivity contribution < 1.29 is 4.79 Å². The zero-order valence-electron chi connectivity index (χ0n) is 11.5. The number of nitrogens with two attached hydrogens (primary N) is 1. The van der Waals surface area contributed by atoms with E-state index in [1.165, 1.54) is 10.6 Å². The average Bonchev–Trinajstić information content (AvgIpc) is 2.42. The van der Waals surface area contributed by atoms with E-state index in [1.807, 2.05) is 6.92 Å². The van der Waals surface area contributed by atoms with E-state index in [9.17, 15) is 9.59 Å². The Bertz CT molecular complexity index is 753. The number of anilines is 1. The number of thiocarbonyl (C=S) groups is 1. The number of pyridine rings is 1. The summed E-state index contributed by atoms with van der Waals surface area (Å²) in [5.74, 6) is -0.291. The zero-order valence-corrected chi connectivity index (χ0v) is 12.3. The van der Waals surface area contributed by atoms with Gasteiger partial charge < -0.3 is 15.6 Å². The number of aryl methyl sites for hydroxylation is 1. The minimum absolute atomic E-state index is 0.0452. The molecule has 21 heavy (non-hydrogen) atoms. The molecule has 2 aromatic rings. The highest BCUT2D eigenvalue weighted by atomic mass is 32.1. The van der Waals surface area contributed by atoms with E-state index in [0.717, 1.165) is 5.56 Å². The van der Waals surface area contributed by atoms with Gasteiger partial charge in [0.15, 0.2) is 0 Å². The van der Waals surface area contributed by atoms with Gasteiger partial charge in [0.2, 0.25) is 5.91 Å². The number of nitrogens with one attached hydrogen (secondary N) is 1. The Kier molecular flexibility index (Phi) is 4.49. The van der Waals surface area contributed by atoms with E-state index in [0.29, 0.717) is 11.3 Å². The SMILES string of the molecule is Cc1ccn(CC(=O)Nc2cccc(C(N)=S)c2)c(=O)c1. The number of hydrogen-bond donors (Lipinski definition) is 2. The van der Waals surface area contributed by atoms with Crippen molar-refractivity contribution in [3.8, 4) is 0 Å². The molecule has 1 heterocycles. The van der Waals surface area contributed by atoms with E-state index >= 15 is 0 Å². The van der Waals surface area contributed by atoms with Gasteiger partial charge in [-0.2, -0.15) is 0 Å². The van der Waals surface area contributed by atoms with Crippen LogP contribution in [-0.2, 0) is 11.3 Å². The predicted octanol–water partition coefficient (Wildman–Crippen LogP) is 1.43. The highest BCUT2D eigenvalue weighted by molar-refractivity contribution is 7.80. The van der Waals surface area contributed by atoms with E-state index in [2.05, 4.69) is 5.32 Å². The average molecular weight is 301 g/mol. The topological polar surface area (TPSA) is 77.1 Å². The van der Waals surface area contributed by atoms with Crippen LogP contribution in [0.4, 0.5) is 5.69 Å². The van der Waals surface area contributed by atoms with Crippen LogP contribution in [0.3, 0.4) is 0 Å². The fourth-order valence-corrected chi connectivity index (χ4v) is 1.97. The Hall–Kier alpha value is -2.47. The van der Waals surface area contributed by atoms with Gasteiger partial charge in [0.05, 0.1) is 0 Å². The zero-order chi connectivity index (χ0) is 15.4. The second-order valence-corrected chi connectivity index (χ2v) is 5.10. The molecule has 6 heteroatoms. The lowest BCUT2D eigenvalue weighted by molar-refractivity contribution is -0.116. The van der Waals surface area contributed by atoms with E-state index in [1.54, 1.807) is 36.5 Å². The lowest BCUT2D eigenvalue weighted by atomic mass is 10.2. The molecule has 0 saturated carbocycles. The predicted molar refractivity (Wildman–Crippen MR) is 86.4 cm³/mol. The Morgan fingerprint density at radius 2 is 2.10 bits per heavy atom. The lowest BCUT2D eigenvalue weighted by Crippen LogP contribution is -2.27. The standard InChI is InChI=1S/C15H15N3O2S/c1-10-5-6-18(14(20)7-10)9-13(19)17-12-4-2-3-11(8-12)15(16)21/h2-8H,9H2,1H3,(H2,16,21)(H,17,19). The molecule has 0 aliphatic heterocycles. The minimum atomic E-state index is -0.291. The second kappa shape index (κ2) is 6.32. The molecule has 2 rings (SSSR count). The summed E-state index contributed by atoms with van der Waals surface area (Å²) >= 11 is 4.89. The number of hydrogen-bond acceptors (Lipinski definition) is 3. The van der Waals surface area contributed by atoms with Crippen molar-refractivity contribution in [1.82, 2.24) is 4.57 Å². The number of amides is 1. The Morgan fingerprint density at radius 3 is 2.76 bits per heavy atom. The quantitative estimate of drug-likeness (QED) is 0.838. The summed E-state index contributed by atoms with van der Waals surface area (Å²) in [5, 5.41) is 2.71. The van der Waals surface area contributed by atoms with Crippen molar-refractivity contribution in [2.75, 3.05) is 5.32 Å². The van der Waals surface area contributed by atoms with Gasteiger partial charge in [0.1, 0.15) is 11.5 Å². The number of rotatable bonds is 4. The molecule has 0 atom stereocenters. The Morgan fingerprint density at radius 1 is 1.33 bits per heavy atom. The molecule has 0 fully saturated rings. The highest BCUT2D eigenvalue weighted by Gasteiger charge is 2.06.